The molecule has 0 aliphatic carbocycles. The maximum atomic E-state index is 14.1. The van der Waals surface area contributed by atoms with Gasteiger partial charge in [-0.2, -0.15) is 0 Å². The Morgan fingerprint density at radius 3 is 1.49 bits per heavy atom. The van der Waals surface area contributed by atoms with E-state index < -0.39 is 16.1 Å². The van der Waals surface area contributed by atoms with Crippen molar-refractivity contribution in [2.75, 3.05) is 15.9 Å². The van der Waals surface area contributed by atoms with Crippen LogP contribution < -0.4 is 19.9 Å². The van der Waals surface area contributed by atoms with Crippen molar-refractivity contribution in [2.45, 2.75) is 34.6 Å². The normalized spacial score (nSPS) is 13.8. The van der Waals surface area contributed by atoms with Gasteiger partial charge in [-0.15, -0.1) is 0 Å². The standard InChI is InChI=1S/C35H36N2O2P2/c1-6-39-35(38)32(25-40(30-19-9-7-10-20-30)31-21-11-8-12-22-31)41-36(33-26(2)15-13-16-27(33)3)23-24-37(41)34-28(4)17-14-18-29(34)5/h7-25H,6H2,1-5H3/b32-25-. The fraction of sp³-hybridized carbons (Fsp3) is 0.171. The number of aryl methyl sites for hydroxylation is 4. The lowest BCUT2D eigenvalue weighted by molar-refractivity contribution is -0.137. The SMILES string of the molecule is CCOC(=O)/C(=C/P(c1ccccc1)c1ccccc1)P1N(c2c(C)cccc2C)C=CN1c1c(C)cccc1C. The number of anilines is 2. The highest BCUT2D eigenvalue weighted by Gasteiger charge is 2.39. The highest BCUT2D eigenvalue weighted by Crippen LogP contribution is 2.62. The Morgan fingerprint density at radius 1 is 0.683 bits per heavy atom. The van der Waals surface area contributed by atoms with Crippen LogP contribution in [0.2, 0.25) is 0 Å². The average Bonchev–Trinajstić information content (AvgIpc) is 3.38. The quantitative estimate of drug-likeness (QED) is 0.119. The van der Waals surface area contributed by atoms with Gasteiger partial charge < -0.3 is 14.1 Å². The molecule has 0 bridgehead atoms. The number of benzene rings is 4. The molecule has 0 N–H and O–H groups in total. The van der Waals surface area contributed by atoms with E-state index in [2.05, 4.69) is 140 Å². The molecule has 0 radical (unpaired) electrons. The number of hydrogen-bond donors (Lipinski definition) is 0. The molecule has 0 amide bonds. The molecule has 41 heavy (non-hydrogen) atoms. The molecule has 4 nitrogen and oxygen atoms in total. The number of nitrogens with zero attached hydrogens (tertiary/aromatic N) is 2. The van der Waals surface area contributed by atoms with Gasteiger partial charge in [0, 0.05) is 12.4 Å². The van der Waals surface area contributed by atoms with E-state index >= 15 is 0 Å². The number of esters is 1. The van der Waals surface area contributed by atoms with Gasteiger partial charge in [0.15, 0.2) is 0 Å². The van der Waals surface area contributed by atoms with E-state index in [1.54, 1.807) is 0 Å². The molecule has 208 valence electrons. The minimum absolute atomic E-state index is 0.269. The number of carbonyl (C=O) groups is 1. The molecule has 0 spiro atoms. The van der Waals surface area contributed by atoms with Crippen LogP contribution in [0.25, 0.3) is 0 Å². The third kappa shape index (κ3) is 6.01. The third-order valence-corrected chi connectivity index (χ3v) is 11.8. The maximum Gasteiger partial charge on any atom is 0.342 e. The molecule has 5 rings (SSSR count). The van der Waals surface area contributed by atoms with E-state index in [9.17, 15) is 4.79 Å². The molecule has 1 aliphatic heterocycles. The summed E-state index contributed by atoms with van der Waals surface area (Å²) < 4.78 is 10.4. The topological polar surface area (TPSA) is 32.8 Å². The summed E-state index contributed by atoms with van der Waals surface area (Å²) in [6, 6.07) is 33.7. The summed E-state index contributed by atoms with van der Waals surface area (Å²) in [5.74, 6) is 1.94. The van der Waals surface area contributed by atoms with Crippen LogP contribution in [0.3, 0.4) is 0 Å². The molecule has 0 fully saturated rings. The van der Waals surface area contributed by atoms with Crippen molar-refractivity contribution < 1.29 is 9.53 Å². The number of para-hydroxylation sites is 2. The van der Waals surface area contributed by atoms with Crippen molar-refractivity contribution in [2.24, 2.45) is 0 Å². The van der Waals surface area contributed by atoms with Crippen molar-refractivity contribution in [1.29, 1.82) is 0 Å². The van der Waals surface area contributed by atoms with Gasteiger partial charge in [0.25, 0.3) is 0 Å². The van der Waals surface area contributed by atoms with Crippen LogP contribution in [0.1, 0.15) is 29.2 Å². The Labute approximate surface area is 246 Å². The predicted molar refractivity (Wildman–Crippen MR) is 177 cm³/mol. The molecule has 4 aromatic carbocycles. The van der Waals surface area contributed by atoms with E-state index in [-0.39, 0.29) is 5.97 Å². The number of hydrogen-bond acceptors (Lipinski definition) is 4. The summed E-state index contributed by atoms with van der Waals surface area (Å²) in [7, 11) is -2.34. The van der Waals surface area contributed by atoms with E-state index in [1.807, 2.05) is 19.1 Å². The van der Waals surface area contributed by atoms with Crippen LogP contribution >= 0.6 is 16.1 Å². The summed E-state index contributed by atoms with van der Waals surface area (Å²) in [6.07, 6.45) is 4.26. The lowest BCUT2D eigenvalue weighted by Crippen LogP contribution is -2.23. The first-order chi connectivity index (χ1) is 19.9. The maximum absolute atomic E-state index is 14.1. The van der Waals surface area contributed by atoms with Crippen LogP contribution in [-0.2, 0) is 9.53 Å². The zero-order chi connectivity index (χ0) is 28.9. The van der Waals surface area contributed by atoms with Crippen molar-refractivity contribution in [1.82, 2.24) is 0 Å². The number of ether oxygens (including phenoxy) is 1. The van der Waals surface area contributed by atoms with Crippen LogP contribution in [0.5, 0.6) is 0 Å². The fourth-order valence-corrected chi connectivity index (χ4v) is 10.2. The monoisotopic (exact) mass is 578 g/mol. The molecule has 4 aromatic rings. The van der Waals surface area contributed by atoms with E-state index in [0.717, 1.165) is 11.4 Å². The first-order valence-corrected chi connectivity index (χ1v) is 16.5. The van der Waals surface area contributed by atoms with Crippen molar-refractivity contribution in [3.8, 4) is 0 Å². The summed E-state index contributed by atoms with van der Waals surface area (Å²) >= 11 is 0. The zero-order valence-corrected chi connectivity index (χ0v) is 26.1. The summed E-state index contributed by atoms with van der Waals surface area (Å²) in [5, 5.41) is 3.07. The molecule has 0 aromatic heterocycles. The van der Waals surface area contributed by atoms with Crippen molar-refractivity contribution >= 4 is 44.1 Å². The molecule has 6 heteroatoms. The minimum Gasteiger partial charge on any atom is -0.462 e. The number of rotatable bonds is 8. The molecule has 1 aliphatic rings. The van der Waals surface area contributed by atoms with Gasteiger partial charge in [-0.05, 0) is 81.2 Å². The van der Waals surface area contributed by atoms with E-state index in [1.165, 1.54) is 32.9 Å². The second kappa shape index (κ2) is 12.9. The molecule has 1 heterocycles. The summed E-state index contributed by atoms with van der Waals surface area (Å²) in [6.45, 7) is 10.7. The molecule has 0 atom stereocenters. The smallest absolute Gasteiger partial charge is 0.342 e. The number of carbonyl (C=O) groups excluding carboxylic acids is 1. The van der Waals surface area contributed by atoms with Crippen LogP contribution in [0.4, 0.5) is 11.4 Å². The average molecular weight is 579 g/mol. The van der Waals surface area contributed by atoms with Crippen LogP contribution in [0, 0.1) is 27.7 Å². The molecular formula is C35H36N2O2P2. The Hall–Kier alpha value is -3.71. The third-order valence-electron chi connectivity index (χ3n) is 7.11. The van der Waals surface area contributed by atoms with Gasteiger partial charge in [-0.3, -0.25) is 0 Å². The van der Waals surface area contributed by atoms with E-state index in [4.69, 9.17) is 4.74 Å². The summed E-state index contributed by atoms with van der Waals surface area (Å²) in [5.41, 5.74) is 6.93. The molecule has 0 saturated carbocycles. The second-order valence-corrected chi connectivity index (χ2v) is 14.0. The van der Waals surface area contributed by atoms with Gasteiger partial charge in [0.2, 0.25) is 0 Å². The van der Waals surface area contributed by atoms with Gasteiger partial charge in [-0.1, -0.05) is 97.1 Å². The molecular weight excluding hydrogens is 542 g/mol. The summed E-state index contributed by atoms with van der Waals surface area (Å²) in [4.78, 5) is 14.1. The highest BCUT2D eigenvalue weighted by molar-refractivity contribution is 7.77. The lowest BCUT2D eigenvalue weighted by Gasteiger charge is -2.36. The predicted octanol–water partition coefficient (Wildman–Crippen LogP) is 8.57. The first-order valence-electron chi connectivity index (χ1n) is 13.9. The molecule has 0 unspecified atom stereocenters. The van der Waals surface area contributed by atoms with Gasteiger partial charge in [0.05, 0.1) is 18.0 Å². The lowest BCUT2D eigenvalue weighted by atomic mass is 10.1. The van der Waals surface area contributed by atoms with Crippen LogP contribution in [0.15, 0.2) is 121 Å². The first kappa shape index (κ1) is 28.8. The van der Waals surface area contributed by atoms with Gasteiger partial charge in [-0.25, -0.2) is 4.79 Å². The Kier molecular flexibility index (Phi) is 9.03. The Balaban J connectivity index is 1.77. The minimum atomic E-state index is -1.36. The van der Waals surface area contributed by atoms with Crippen molar-refractivity contribution in [3.05, 3.63) is 143 Å². The Bertz CT molecular complexity index is 1440. The molecule has 0 saturated heterocycles. The van der Waals surface area contributed by atoms with E-state index in [0.29, 0.717) is 11.9 Å². The fourth-order valence-electron chi connectivity index (χ4n) is 5.25. The Morgan fingerprint density at radius 2 is 1.10 bits per heavy atom. The second-order valence-electron chi connectivity index (χ2n) is 10.0. The largest absolute Gasteiger partial charge is 0.462 e. The highest BCUT2D eigenvalue weighted by atomic mass is 31.1. The zero-order valence-electron chi connectivity index (χ0n) is 24.3. The van der Waals surface area contributed by atoms with Crippen LogP contribution in [-0.4, -0.2) is 12.6 Å². The van der Waals surface area contributed by atoms with Crippen molar-refractivity contribution in [3.63, 3.8) is 0 Å². The van der Waals surface area contributed by atoms with Gasteiger partial charge in [0.1, 0.15) is 13.5 Å². The van der Waals surface area contributed by atoms with Gasteiger partial charge >= 0.3 is 5.97 Å².